The third-order valence-corrected chi connectivity index (χ3v) is 3.95. The second kappa shape index (κ2) is 6.59. The van der Waals surface area contributed by atoms with E-state index < -0.39 is 5.60 Å². The van der Waals surface area contributed by atoms with Gasteiger partial charge in [-0.15, -0.1) is 0 Å². The van der Waals surface area contributed by atoms with Gasteiger partial charge in [0.15, 0.2) is 0 Å². The predicted octanol–water partition coefficient (Wildman–Crippen LogP) is 3.61. The largest absolute Gasteiger partial charge is 0.444 e. The van der Waals surface area contributed by atoms with Gasteiger partial charge in [0.05, 0.1) is 0 Å². The second-order valence-corrected chi connectivity index (χ2v) is 6.89. The Balaban J connectivity index is 2.02. The Hall–Kier alpha value is -1.71. The van der Waals surface area contributed by atoms with Crippen LogP contribution in [0.5, 0.6) is 0 Å². The Morgan fingerprint density at radius 2 is 1.82 bits per heavy atom. The molecule has 0 radical (unpaired) electrons. The average molecular weight is 304 g/mol. The van der Waals surface area contributed by atoms with E-state index in [1.165, 1.54) is 16.8 Å². The van der Waals surface area contributed by atoms with Gasteiger partial charge < -0.3 is 14.5 Å². The molecule has 4 heteroatoms. The summed E-state index contributed by atoms with van der Waals surface area (Å²) in [5, 5.41) is 0. The molecule has 1 aliphatic rings. The highest BCUT2D eigenvalue weighted by Gasteiger charge is 2.26. The van der Waals surface area contributed by atoms with Crippen LogP contribution in [0.3, 0.4) is 0 Å². The zero-order chi connectivity index (χ0) is 16.3. The van der Waals surface area contributed by atoms with Gasteiger partial charge in [-0.05, 0) is 45.2 Å². The Morgan fingerprint density at radius 1 is 1.18 bits per heavy atom. The first-order chi connectivity index (χ1) is 10.3. The number of anilines is 1. The molecule has 22 heavy (non-hydrogen) atoms. The number of carbonyl (C=O) groups is 1. The maximum atomic E-state index is 12.1. The molecule has 1 heterocycles. The van der Waals surface area contributed by atoms with Gasteiger partial charge in [-0.3, -0.25) is 0 Å². The number of rotatable bonds is 2. The van der Waals surface area contributed by atoms with Gasteiger partial charge in [0.25, 0.3) is 0 Å². The molecular weight excluding hydrogens is 276 g/mol. The zero-order valence-electron chi connectivity index (χ0n) is 14.5. The van der Waals surface area contributed by atoms with E-state index >= 15 is 0 Å². The molecule has 1 aromatic rings. The van der Waals surface area contributed by atoms with Gasteiger partial charge in [0.1, 0.15) is 5.60 Å². The summed E-state index contributed by atoms with van der Waals surface area (Å²) >= 11 is 0. The van der Waals surface area contributed by atoms with Crippen molar-refractivity contribution in [3.05, 3.63) is 29.3 Å². The van der Waals surface area contributed by atoms with Gasteiger partial charge in [0.2, 0.25) is 0 Å². The van der Waals surface area contributed by atoms with E-state index in [2.05, 4.69) is 36.9 Å². The quantitative estimate of drug-likeness (QED) is 0.836. The SMILES string of the molecule is CCc1cccc(C)c1N1CCN(C(=O)OC(C)(C)C)CC1. The van der Waals surface area contributed by atoms with Crippen LogP contribution in [-0.4, -0.2) is 42.8 Å². The maximum absolute atomic E-state index is 12.1. The van der Waals surface area contributed by atoms with Crippen molar-refractivity contribution in [1.29, 1.82) is 0 Å². The monoisotopic (exact) mass is 304 g/mol. The summed E-state index contributed by atoms with van der Waals surface area (Å²) < 4.78 is 5.46. The van der Waals surface area contributed by atoms with Crippen LogP contribution >= 0.6 is 0 Å². The smallest absolute Gasteiger partial charge is 0.410 e. The summed E-state index contributed by atoms with van der Waals surface area (Å²) in [6, 6.07) is 6.48. The van der Waals surface area contributed by atoms with Gasteiger partial charge in [0, 0.05) is 31.9 Å². The van der Waals surface area contributed by atoms with Crippen molar-refractivity contribution < 1.29 is 9.53 Å². The minimum absolute atomic E-state index is 0.201. The fourth-order valence-electron chi connectivity index (χ4n) is 2.90. The number of ether oxygens (including phenoxy) is 1. The van der Waals surface area contributed by atoms with E-state index in [0.29, 0.717) is 13.1 Å². The number of hydrogen-bond acceptors (Lipinski definition) is 3. The van der Waals surface area contributed by atoms with Crippen molar-refractivity contribution in [2.75, 3.05) is 31.1 Å². The first kappa shape index (κ1) is 16.7. The summed E-state index contributed by atoms with van der Waals surface area (Å²) in [6.45, 7) is 13.2. The fourth-order valence-corrected chi connectivity index (χ4v) is 2.90. The maximum Gasteiger partial charge on any atom is 0.410 e. The second-order valence-electron chi connectivity index (χ2n) is 6.89. The Labute approximate surface area is 134 Å². The summed E-state index contributed by atoms with van der Waals surface area (Å²) in [5.74, 6) is 0. The molecule has 2 rings (SSSR count). The van der Waals surface area contributed by atoms with E-state index in [1.807, 2.05) is 25.7 Å². The van der Waals surface area contributed by atoms with Crippen molar-refractivity contribution in [3.8, 4) is 0 Å². The third-order valence-electron chi connectivity index (χ3n) is 3.95. The molecule has 0 N–H and O–H groups in total. The van der Waals surface area contributed by atoms with Crippen molar-refractivity contribution in [3.63, 3.8) is 0 Å². The average Bonchev–Trinajstić information content (AvgIpc) is 2.45. The van der Waals surface area contributed by atoms with Gasteiger partial charge in [-0.2, -0.15) is 0 Å². The highest BCUT2D eigenvalue weighted by Crippen LogP contribution is 2.27. The van der Waals surface area contributed by atoms with Crippen molar-refractivity contribution in [2.45, 2.75) is 46.6 Å². The van der Waals surface area contributed by atoms with E-state index in [4.69, 9.17) is 4.74 Å². The number of hydrogen-bond donors (Lipinski definition) is 0. The number of amides is 1. The molecule has 1 aromatic carbocycles. The minimum Gasteiger partial charge on any atom is -0.444 e. The van der Waals surface area contributed by atoms with Crippen LogP contribution in [0, 0.1) is 6.92 Å². The number of benzene rings is 1. The minimum atomic E-state index is -0.431. The van der Waals surface area contributed by atoms with Crippen LogP contribution in [0.2, 0.25) is 0 Å². The molecule has 1 amide bonds. The van der Waals surface area contributed by atoms with Crippen LogP contribution < -0.4 is 4.90 Å². The first-order valence-electron chi connectivity index (χ1n) is 8.13. The molecule has 1 fully saturated rings. The Kier molecular flexibility index (Phi) is 4.99. The molecule has 0 spiro atoms. The van der Waals surface area contributed by atoms with E-state index in [1.54, 1.807) is 0 Å². The lowest BCUT2D eigenvalue weighted by Crippen LogP contribution is -2.50. The number of para-hydroxylation sites is 1. The lowest BCUT2D eigenvalue weighted by atomic mass is 10.0. The molecule has 0 aliphatic carbocycles. The summed E-state index contributed by atoms with van der Waals surface area (Å²) in [4.78, 5) is 16.3. The Morgan fingerprint density at radius 3 is 2.36 bits per heavy atom. The fraction of sp³-hybridized carbons (Fsp3) is 0.611. The highest BCUT2D eigenvalue weighted by molar-refractivity contribution is 5.69. The molecule has 0 bridgehead atoms. The van der Waals surface area contributed by atoms with Gasteiger partial charge in [-0.25, -0.2) is 4.79 Å². The predicted molar refractivity (Wildman–Crippen MR) is 90.6 cm³/mol. The molecule has 0 aromatic heterocycles. The molecule has 1 aliphatic heterocycles. The van der Waals surface area contributed by atoms with Crippen LogP contribution in [-0.2, 0) is 11.2 Å². The van der Waals surface area contributed by atoms with Crippen molar-refractivity contribution in [1.82, 2.24) is 4.90 Å². The van der Waals surface area contributed by atoms with Crippen molar-refractivity contribution in [2.24, 2.45) is 0 Å². The van der Waals surface area contributed by atoms with Gasteiger partial charge in [-0.1, -0.05) is 25.1 Å². The van der Waals surface area contributed by atoms with E-state index in [0.717, 1.165) is 19.5 Å². The number of carbonyl (C=O) groups excluding carboxylic acids is 1. The van der Waals surface area contributed by atoms with Crippen LogP contribution in [0.4, 0.5) is 10.5 Å². The number of nitrogens with zero attached hydrogens (tertiary/aromatic N) is 2. The number of aryl methyl sites for hydroxylation is 2. The highest BCUT2D eigenvalue weighted by atomic mass is 16.6. The summed E-state index contributed by atoms with van der Waals surface area (Å²) in [6.07, 6.45) is 0.830. The zero-order valence-corrected chi connectivity index (χ0v) is 14.5. The van der Waals surface area contributed by atoms with E-state index in [9.17, 15) is 4.79 Å². The van der Waals surface area contributed by atoms with Gasteiger partial charge >= 0.3 is 6.09 Å². The molecule has 1 saturated heterocycles. The normalized spacial score (nSPS) is 15.9. The molecular formula is C18H28N2O2. The molecule has 0 unspecified atom stereocenters. The van der Waals surface area contributed by atoms with Crippen LogP contribution in [0.25, 0.3) is 0 Å². The molecule has 4 nitrogen and oxygen atoms in total. The standard InChI is InChI=1S/C18H28N2O2/c1-6-15-9-7-8-14(2)16(15)19-10-12-20(13-11-19)17(21)22-18(3,4)5/h7-9H,6,10-13H2,1-5H3. The molecule has 0 saturated carbocycles. The molecule has 122 valence electrons. The van der Waals surface area contributed by atoms with Crippen LogP contribution in [0.15, 0.2) is 18.2 Å². The van der Waals surface area contributed by atoms with E-state index in [-0.39, 0.29) is 6.09 Å². The summed E-state index contributed by atoms with van der Waals surface area (Å²) in [5.41, 5.74) is 3.60. The van der Waals surface area contributed by atoms with Crippen LogP contribution in [0.1, 0.15) is 38.8 Å². The topological polar surface area (TPSA) is 32.8 Å². The first-order valence-corrected chi connectivity index (χ1v) is 8.13. The Bertz CT molecular complexity index is 526. The number of piperazine rings is 1. The third kappa shape index (κ3) is 3.93. The lowest BCUT2D eigenvalue weighted by molar-refractivity contribution is 0.0240. The van der Waals surface area contributed by atoms with Crippen molar-refractivity contribution >= 4 is 11.8 Å². The lowest BCUT2D eigenvalue weighted by Gasteiger charge is -2.38. The molecule has 0 atom stereocenters. The summed E-state index contributed by atoms with van der Waals surface area (Å²) in [7, 11) is 0.